The molecule has 1 fully saturated rings. The number of benzene rings is 1. The Kier molecular flexibility index (Phi) is 7.00. The number of carbonyl (C=O) groups excluding carboxylic acids is 1. The van der Waals surface area contributed by atoms with Gasteiger partial charge in [0.15, 0.2) is 0 Å². The molecule has 1 aromatic carbocycles. The molecule has 7 nitrogen and oxygen atoms in total. The van der Waals surface area contributed by atoms with Crippen molar-refractivity contribution in [2.45, 2.75) is 19.3 Å². The van der Waals surface area contributed by atoms with Crippen molar-refractivity contribution in [1.82, 2.24) is 5.32 Å². The third-order valence-corrected chi connectivity index (χ3v) is 3.58. The maximum atomic E-state index is 11.8. The first kappa shape index (κ1) is 18.1. The van der Waals surface area contributed by atoms with Gasteiger partial charge in [-0.25, -0.2) is 0 Å². The Morgan fingerprint density at radius 3 is 2.27 bits per heavy atom. The van der Waals surface area contributed by atoms with E-state index in [1.54, 1.807) is 12.1 Å². The summed E-state index contributed by atoms with van der Waals surface area (Å²) < 4.78 is 23.5. The van der Waals surface area contributed by atoms with Gasteiger partial charge in [0, 0.05) is 24.3 Å². The van der Waals surface area contributed by atoms with E-state index < -0.39 is 22.4 Å². The average Bonchev–Trinajstić information content (AvgIpc) is 2.47. The van der Waals surface area contributed by atoms with E-state index in [2.05, 4.69) is 14.6 Å². The van der Waals surface area contributed by atoms with Gasteiger partial charge < -0.3 is 4.90 Å². The molecule has 1 saturated heterocycles. The van der Waals surface area contributed by atoms with Crippen LogP contribution in [0.2, 0.25) is 0 Å². The number of nitrogens with one attached hydrogen (secondary N) is 2. The molecule has 2 rings (SSSR count). The summed E-state index contributed by atoms with van der Waals surface area (Å²) in [5.74, 6) is -1.26. The van der Waals surface area contributed by atoms with Gasteiger partial charge in [0.2, 0.25) is 5.96 Å². The maximum absolute atomic E-state index is 11.8. The number of rotatable bonds is 2. The van der Waals surface area contributed by atoms with Gasteiger partial charge in [-0.15, -0.1) is 12.4 Å². The molecule has 0 saturated carbocycles. The third-order valence-electron chi connectivity index (χ3n) is 3.25. The van der Waals surface area contributed by atoms with Crippen LogP contribution < -0.4 is 10.2 Å². The molecule has 0 atom stereocenters. The van der Waals surface area contributed by atoms with Crippen LogP contribution in [0.25, 0.3) is 0 Å². The second-order valence-corrected chi connectivity index (χ2v) is 5.32. The molecule has 2 N–H and O–H groups in total. The SMILES string of the molecule is Cl.N=C(N=S(=O)=O)NC(=O)c1ccc(N2CCCCC2)cc1. The molecule has 0 spiro atoms. The second-order valence-electron chi connectivity index (χ2n) is 4.71. The molecule has 22 heavy (non-hydrogen) atoms. The largest absolute Gasteiger partial charge is 0.372 e. The number of hydrogen-bond acceptors (Lipinski definition) is 5. The Hall–Kier alpha value is -1.93. The highest BCUT2D eigenvalue weighted by Gasteiger charge is 2.12. The van der Waals surface area contributed by atoms with Crippen LogP contribution in [0.1, 0.15) is 29.6 Å². The third kappa shape index (κ3) is 5.12. The minimum atomic E-state index is -2.75. The van der Waals surface area contributed by atoms with E-state index >= 15 is 0 Å². The predicted molar refractivity (Wildman–Crippen MR) is 86.3 cm³/mol. The molecule has 1 heterocycles. The lowest BCUT2D eigenvalue weighted by Gasteiger charge is -2.28. The Bertz CT molecular complexity index is 659. The number of hydrogen-bond donors (Lipinski definition) is 2. The zero-order valence-corrected chi connectivity index (χ0v) is 13.4. The van der Waals surface area contributed by atoms with Crippen LogP contribution in [0.3, 0.4) is 0 Å². The number of piperidine rings is 1. The minimum Gasteiger partial charge on any atom is -0.372 e. The number of halogens is 1. The first-order valence-electron chi connectivity index (χ1n) is 6.62. The van der Waals surface area contributed by atoms with Crippen molar-refractivity contribution < 1.29 is 13.2 Å². The highest BCUT2D eigenvalue weighted by Crippen LogP contribution is 2.20. The zero-order valence-electron chi connectivity index (χ0n) is 11.8. The Balaban J connectivity index is 0.00000242. The summed E-state index contributed by atoms with van der Waals surface area (Å²) >= 11 is 0. The van der Waals surface area contributed by atoms with Crippen molar-refractivity contribution >= 4 is 40.5 Å². The van der Waals surface area contributed by atoms with Crippen molar-refractivity contribution in [2.75, 3.05) is 18.0 Å². The van der Waals surface area contributed by atoms with Gasteiger partial charge in [0.05, 0.1) is 0 Å². The standard InChI is InChI=1S/C13H16N4O3S.ClH/c14-13(16-21(19)20)15-12(18)10-4-6-11(7-5-10)17-8-2-1-3-9-17;/h4-7H,1-3,8-9H2,(H2,14,15,18);1H. The van der Waals surface area contributed by atoms with Crippen LogP contribution in [0.15, 0.2) is 28.6 Å². The molecule has 1 aliphatic heterocycles. The van der Waals surface area contributed by atoms with Crippen LogP contribution in [0.4, 0.5) is 5.69 Å². The van der Waals surface area contributed by atoms with Gasteiger partial charge in [0.25, 0.3) is 5.91 Å². The molecular formula is C13H17ClN4O3S. The van der Waals surface area contributed by atoms with Gasteiger partial charge in [-0.1, -0.05) is 4.36 Å². The van der Waals surface area contributed by atoms with Crippen molar-refractivity contribution in [3.8, 4) is 0 Å². The fourth-order valence-corrected chi connectivity index (χ4v) is 2.45. The van der Waals surface area contributed by atoms with Gasteiger partial charge in [-0.2, -0.15) is 8.42 Å². The monoisotopic (exact) mass is 344 g/mol. The van der Waals surface area contributed by atoms with Crippen LogP contribution in [0.5, 0.6) is 0 Å². The molecular weight excluding hydrogens is 328 g/mol. The zero-order chi connectivity index (χ0) is 15.2. The molecule has 120 valence electrons. The fraction of sp³-hybridized carbons (Fsp3) is 0.385. The summed E-state index contributed by atoms with van der Waals surface area (Å²) in [7, 11) is -2.75. The van der Waals surface area contributed by atoms with Gasteiger partial charge in [-0.05, 0) is 43.5 Å². The first-order chi connectivity index (χ1) is 10.1. The predicted octanol–water partition coefficient (Wildman–Crippen LogP) is 1.83. The van der Waals surface area contributed by atoms with Crippen LogP contribution in [-0.4, -0.2) is 33.4 Å². The highest BCUT2D eigenvalue weighted by molar-refractivity contribution is 7.62. The number of anilines is 1. The highest BCUT2D eigenvalue weighted by atomic mass is 35.5. The fourth-order valence-electron chi connectivity index (χ4n) is 2.25. The summed E-state index contributed by atoms with van der Waals surface area (Å²) in [4.78, 5) is 14.1. The van der Waals surface area contributed by atoms with E-state index in [9.17, 15) is 13.2 Å². The van der Waals surface area contributed by atoms with E-state index in [1.165, 1.54) is 19.3 Å². The summed E-state index contributed by atoms with van der Waals surface area (Å²) in [5.41, 5.74) is 1.42. The second kappa shape index (κ2) is 8.50. The lowest BCUT2D eigenvalue weighted by molar-refractivity contribution is 0.0976. The average molecular weight is 345 g/mol. The van der Waals surface area contributed by atoms with Crippen molar-refractivity contribution in [2.24, 2.45) is 4.36 Å². The normalized spacial score (nSPS) is 13.7. The molecule has 0 aromatic heterocycles. The van der Waals surface area contributed by atoms with Crippen LogP contribution in [0, 0.1) is 5.41 Å². The van der Waals surface area contributed by atoms with Crippen LogP contribution >= 0.6 is 12.4 Å². The van der Waals surface area contributed by atoms with E-state index in [4.69, 9.17) is 5.41 Å². The number of amides is 1. The van der Waals surface area contributed by atoms with Gasteiger partial charge in [-0.3, -0.25) is 15.5 Å². The first-order valence-corrected chi connectivity index (χ1v) is 7.65. The van der Waals surface area contributed by atoms with Gasteiger partial charge >= 0.3 is 10.5 Å². The Morgan fingerprint density at radius 2 is 1.73 bits per heavy atom. The van der Waals surface area contributed by atoms with Crippen molar-refractivity contribution in [1.29, 1.82) is 5.41 Å². The van der Waals surface area contributed by atoms with Crippen molar-refractivity contribution in [3.05, 3.63) is 29.8 Å². The summed E-state index contributed by atoms with van der Waals surface area (Å²) in [6.07, 6.45) is 3.60. The lowest BCUT2D eigenvalue weighted by atomic mass is 10.1. The molecule has 1 amide bonds. The van der Waals surface area contributed by atoms with Crippen molar-refractivity contribution in [3.63, 3.8) is 0 Å². The topological polar surface area (TPSA) is 103 Å². The minimum absolute atomic E-state index is 0. The van der Waals surface area contributed by atoms with Crippen LogP contribution in [-0.2, 0) is 10.5 Å². The molecule has 0 aliphatic carbocycles. The number of carbonyl (C=O) groups is 1. The molecule has 0 unspecified atom stereocenters. The summed E-state index contributed by atoms with van der Waals surface area (Å²) in [5, 5.41) is 9.30. The summed E-state index contributed by atoms with van der Waals surface area (Å²) in [6.45, 7) is 2.04. The molecule has 9 heteroatoms. The summed E-state index contributed by atoms with van der Waals surface area (Å²) in [6, 6.07) is 7.01. The Morgan fingerprint density at radius 1 is 1.14 bits per heavy atom. The number of nitrogens with zero attached hydrogens (tertiary/aromatic N) is 2. The molecule has 1 aliphatic rings. The van der Waals surface area contributed by atoms with E-state index in [0.29, 0.717) is 5.56 Å². The molecule has 0 radical (unpaired) electrons. The van der Waals surface area contributed by atoms with E-state index in [0.717, 1.165) is 18.8 Å². The number of guanidine groups is 1. The van der Waals surface area contributed by atoms with E-state index in [1.807, 2.05) is 12.1 Å². The van der Waals surface area contributed by atoms with Gasteiger partial charge in [0.1, 0.15) is 0 Å². The Labute approximate surface area is 136 Å². The smallest absolute Gasteiger partial charge is 0.319 e. The molecule has 1 aromatic rings. The molecule has 0 bridgehead atoms. The lowest BCUT2D eigenvalue weighted by Crippen LogP contribution is -2.30. The van der Waals surface area contributed by atoms with E-state index in [-0.39, 0.29) is 12.4 Å². The quantitative estimate of drug-likeness (QED) is 0.631. The maximum Gasteiger partial charge on any atom is 0.319 e.